The van der Waals surface area contributed by atoms with E-state index in [2.05, 4.69) is 26.0 Å². The van der Waals surface area contributed by atoms with Gasteiger partial charge in [0.15, 0.2) is 0 Å². The van der Waals surface area contributed by atoms with Crippen molar-refractivity contribution in [2.75, 3.05) is 18.5 Å². The zero-order chi connectivity index (χ0) is 16.0. The number of nitrogens with one attached hydrogen (secondary N) is 2. The second-order valence-corrected chi connectivity index (χ2v) is 5.22. The largest absolute Gasteiger partial charge is 0.480 e. The lowest BCUT2D eigenvalue weighted by molar-refractivity contribution is -0.143. The maximum atomic E-state index is 11.5. The van der Waals surface area contributed by atoms with Gasteiger partial charge in [-0.05, 0) is 28.1 Å². The van der Waals surface area contributed by atoms with Crippen LogP contribution in [0.25, 0.3) is 0 Å². The minimum absolute atomic E-state index is 0.107. The Bertz CT molecular complexity index is 582. The van der Waals surface area contributed by atoms with Gasteiger partial charge in [-0.25, -0.2) is 9.59 Å². The molecule has 0 saturated heterocycles. The van der Waals surface area contributed by atoms with E-state index >= 15 is 0 Å². The van der Waals surface area contributed by atoms with Gasteiger partial charge < -0.3 is 15.2 Å². The van der Waals surface area contributed by atoms with E-state index in [4.69, 9.17) is 28.3 Å². The summed E-state index contributed by atoms with van der Waals surface area (Å²) in [5.74, 6) is -2.02. The van der Waals surface area contributed by atoms with Crippen LogP contribution in [0.15, 0.2) is 16.6 Å². The summed E-state index contributed by atoms with van der Waals surface area (Å²) in [7, 11) is 0. The van der Waals surface area contributed by atoms with Crippen LogP contribution in [0.2, 0.25) is 10.0 Å². The first-order valence-corrected chi connectivity index (χ1v) is 6.90. The van der Waals surface area contributed by atoms with Crippen LogP contribution in [0.1, 0.15) is 0 Å². The van der Waals surface area contributed by atoms with Crippen LogP contribution in [0.5, 0.6) is 0 Å². The molecule has 0 aliphatic heterocycles. The Balaban J connectivity index is 2.52. The van der Waals surface area contributed by atoms with Crippen molar-refractivity contribution >= 4 is 62.7 Å². The summed E-state index contributed by atoms with van der Waals surface area (Å²) in [6.45, 7) is -1.20. The van der Waals surface area contributed by atoms with Gasteiger partial charge in [-0.1, -0.05) is 23.2 Å². The molecule has 3 amide bonds. The second kappa shape index (κ2) is 8.18. The number of hydrogen-bond acceptors (Lipinski definition) is 4. The molecule has 0 aliphatic carbocycles. The molecule has 0 atom stereocenters. The van der Waals surface area contributed by atoms with Crippen LogP contribution in [0.3, 0.4) is 0 Å². The molecular weight excluding hydrogens is 391 g/mol. The fourth-order valence-electron chi connectivity index (χ4n) is 1.17. The molecule has 0 saturated carbocycles. The Kier molecular flexibility index (Phi) is 6.90. The number of carboxylic acid groups (broad SMARTS) is 1. The molecule has 21 heavy (non-hydrogen) atoms. The Labute approximate surface area is 137 Å². The number of carbonyl (C=O) groups is 3. The summed E-state index contributed by atoms with van der Waals surface area (Å²) in [5.41, 5.74) is 0.210. The lowest BCUT2D eigenvalue weighted by Crippen LogP contribution is -2.37. The van der Waals surface area contributed by atoms with Gasteiger partial charge in [-0.3, -0.25) is 10.1 Å². The van der Waals surface area contributed by atoms with Gasteiger partial charge in [0, 0.05) is 4.47 Å². The van der Waals surface area contributed by atoms with Crippen molar-refractivity contribution in [1.82, 2.24) is 5.32 Å². The van der Waals surface area contributed by atoms with Crippen molar-refractivity contribution in [1.29, 1.82) is 0 Å². The number of halogens is 3. The molecule has 114 valence electrons. The average Bonchev–Trinajstić information content (AvgIpc) is 2.39. The fourth-order valence-corrected chi connectivity index (χ4v) is 1.99. The van der Waals surface area contributed by atoms with E-state index in [1.165, 1.54) is 6.07 Å². The number of benzene rings is 1. The van der Waals surface area contributed by atoms with Crippen LogP contribution in [-0.2, 0) is 14.3 Å². The van der Waals surface area contributed by atoms with Crippen LogP contribution < -0.4 is 10.6 Å². The second-order valence-electron chi connectivity index (χ2n) is 3.61. The summed E-state index contributed by atoms with van der Waals surface area (Å²) >= 11 is 15.0. The molecule has 0 spiro atoms. The number of carboxylic acids is 1. The van der Waals surface area contributed by atoms with Gasteiger partial charge in [0.2, 0.25) is 0 Å². The zero-order valence-corrected chi connectivity index (χ0v) is 13.4. The van der Waals surface area contributed by atoms with Crippen LogP contribution >= 0.6 is 39.1 Å². The predicted molar refractivity (Wildman–Crippen MR) is 79.8 cm³/mol. The maximum Gasteiger partial charge on any atom is 0.329 e. The molecular formula is C11H9BrCl2N2O5. The summed E-state index contributed by atoms with van der Waals surface area (Å²) in [5, 5.41) is 12.9. The van der Waals surface area contributed by atoms with Gasteiger partial charge in [0.25, 0.3) is 5.91 Å². The minimum Gasteiger partial charge on any atom is -0.480 e. The van der Waals surface area contributed by atoms with Gasteiger partial charge in [0.05, 0.1) is 15.7 Å². The quantitative estimate of drug-likeness (QED) is 0.659. The molecule has 0 aromatic heterocycles. The van der Waals surface area contributed by atoms with Gasteiger partial charge in [-0.2, -0.15) is 0 Å². The smallest absolute Gasteiger partial charge is 0.329 e. The summed E-state index contributed by atoms with van der Waals surface area (Å²) in [6, 6.07) is 2.21. The Morgan fingerprint density at radius 1 is 1.19 bits per heavy atom. The number of hydrogen-bond donors (Lipinski definition) is 3. The van der Waals surface area contributed by atoms with Gasteiger partial charge in [-0.15, -0.1) is 0 Å². The first-order valence-electron chi connectivity index (χ1n) is 5.35. The molecule has 7 nitrogen and oxygen atoms in total. The highest BCUT2D eigenvalue weighted by atomic mass is 79.9. The van der Waals surface area contributed by atoms with Crippen molar-refractivity contribution in [2.45, 2.75) is 0 Å². The molecule has 1 aromatic carbocycles. The topological polar surface area (TPSA) is 105 Å². The number of rotatable bonds is 5. The SMILES string of the molecule is O=C(O)COCC(=O)NC(=O)Nc1ccc(Br)c(Cl)c1Cl. The highest BCUT2D eigenvalue weighted by Crippen LogP contribution is 2.35. The number of aliphatic carboxylic acids is 1. The van der Waals surface area contributed by atoms with Crippen molar-refractivity contribution in [2.24, 2.45) is 0 Å². The number of ether oxygens (including phenoxy) is 1. The van der Waals surface area contributed by atoms with E-state index in [-0.39, 0.29) is 15.7 Å². The monoisotopic (exact) mass is 398 g/mol. The number of amides is 3. The highest BCUT2D eigenvalue weighted by molar-refractivity contribution is 9.10. The molecule has 0 radical (unpaired) electrons. The summed E-state index contributed by atoms with van der Waals surface area (Å²) in [4.78, 5) is 33.0. The van der Waals surface area contributed by atoms with Crippen molar-refractivity contribution in [3.05, 3.63) is 26.7 Å². The van der Waals surface area contributed by atoms with E-state index in [1.807, 2.05) is 5.32 Å². The molecule has 0 fully saturated rings. The molecule has 0 unspecified atom stereocenters. The Morgan fingerprint density at radius 3 is 2.48 bits per heavy atom. The summed E-state index contributed by atoms with van der Waals surface area (Å²) < 4.78 is 5.08. The third kappa shape index (κ3) is 5.88. The number of urea groups is 1. The number of anilines is 1. The normalized spacial score (nSPS) is 10.0. The lowest BCUT2D eigenvalue weighted by Gasteiger charge is -2.10. The van der Waals surface area contributed by atoms with Gasteiger partial charge >= 0.3 is 12.0 Å². The van der Waals surface area contributed by atoms with E-state index in [1.54, 1.807) is 6.07 Å². The number of imide groups is 1. The first-order chi connectivity index (χ1) is 9.81. The molecule has 1 aromatic rings. The average molecular weight is 400 g/mol. The third-order valence-electron chi connectivity index (χ3n) is 2.00. The van der Waals surface area contributed by atoms with Crippen molar-refractivity contribution in [3.8, 4) is 0 Å². The molecule has 10 heteroatoms. The standard InChI is InChI=1S/C11H9BrCl2N2O5/c12-5-1-2-6(10(14)9(5)13)15-11(20)16-7(17)3-21-4-8(18)19/h1-2H,3-4H2,(H,18,19)(H2,15,16,17,20). The van der Waals surface area contributed by atoms with Crippen molar-refractivity contribution < 1.29 is 24.2 Å². The van der Waals surface area contributed by atoms with Crippen LogP contribution in [-0.4, -0.2) is 36.2 Å². The maximum absolute atomic E-state index is 11.5. The lowest BCUT2D eigenvalue weighted by atomic mass is 10.3. The predicted octanol–water partition coefficient (Wildman–Crippen LogP) is 2.51. The fraction of sp³-hybridized carbons (Fsp3) is 0.182. The molecule has 3 N–H and O–H groups in total. The van der Waals surface area contributed by atoms with Crippen molar-refractivity contribution in [3.63, 3.8) is 0 Å². The molecule has 0 heterocycles. The molecule has 1 rings (SSSR count). The summed E-state index contributed by atoms with van der Waals surface area (Å²) in [6.07, 6.45) is 0. The highest BCUT2D eigenvalue weighted by Gasteiger charge is 2.13. The van der Waals surface area contributed by atoms with E-state index < -0.39 is 31.1 Å². The number of carbonyl (C=O) groups excluding carboxylic acids is 2. The molecule has 0 bridgehead atoms. The van der Waals surface area contributed by atoms with E-state index in [0.717, 1.165) is 0 Å². The molecule has 0 aliphatic rings. The minimum atomic E-state index is -1.22. The van der Waals surface area contributed by atoms with E-state index in [9.17, 15) is 14.4 Å². The Morgan fingerprint density at radius 2 is 1.86 bits per heavy atom. The van der Waals surface area contributed by atoms with Crippen LogP contribution in [0.4, 0.5) is 10.5 Å². The Hall–Kier alpha value is -1.35. The zero-order valence-electron chi connectivity index (χ0n) is 10.3. The van der Waals surface area contributed by atoms with Gasteiger partial charge in [0.1, 0.15) is 13.2 Å². The third-order valence-corrected chi connectivity index (χ3v) is 3.77. The van der Waals surface area contributed by atoms with Crippen LogP contribution in [0, 0.1) is 0 Å². The van der Waals surface area contributed by atoms with E-state index in [0.29, 0.717) is 4.47 Å². The first kappa shape index (κ1) is 17.7.